The Labute approximate surface area is 83.5 Å². The van der Waals surface area contributed by atoms with Crippen LogP contribution in [0.1, 0.15) is 12.6 Å². The third-order valence-corrected chi connectivity index (χ3v) is 1.87. The van der Waals surface area contributed by atoms with E-state index in [1.165, 1.54) is 5.38 Å². The number of carboxylic acids is 1. The first-order valence-corrected chi connectivity index (χ1v) is 4.61. The topological polar surface area (TPSA) is 92.0 Å². The summed E-state index contributed by atoms with van der Waals surface area (Å²) in [6.45, 7) is 1.95. The maximum Gasteiger partial charge on any atom is 0.360 e. The van der Waals surface area contributed by atoms with E-state index >= 15 is 0 Å². The number of thiazole rings is 1. The van der Waals surface area contributed by atoms with E-state index in [1.807, 2.05) is 0 Å². The molecule has 2 N–H and O–H groups in total. The van der Waals surface area contributed by atoms with Crippen LogP contribution in [-0.4, -0.2) is 33.5 Å². The maximum absolute atomic E-state index is 10.7. The quantitative estimate of drug-likeness (QED) is 0.570. The SMILES string of the molecule is CCON=C(C(=O)O)c1csc(O)n1. The first kappa shape index (κ1) is 10.5. The molecule has 0 bridgehead atoms. The van der Waals surface area contributed by atoms with Gasteiger partial charge in [0.05, 0.1) is 0 Å². The number of aliphatic carboxylic acids is 1. The summed E-state index contributed by atoms with van der Waals surface area (Å²) in [5.74, 6) is -1.25. The summed E-state index contributed by atoms with van der Waals surface area (Å²) in [5.41, 5.74) is -0.225. The van der Waals surface area contributed by atoms with Gasteiger partial charge in [-0.1, -0.05) is 16.5 Å². The summed E-state index contributed by atoms with van der Waals surface area (Å²) < 4.78 is 0. The lowest BCUT2D eigenvalue weighted by Gasteiger charge is -1.96. The molecule has 0 aromatic carbocycles. The third kappa shape index (κ3) is 2.43. The van der Waals surface area contributed by atoms with Gasteiger partial charge in [0, 0.05) is 5.38 Å². The highest BCUT2D eigenvalue weighted by molar-refractivity contribution is 7.11. The minimum atomic E-state index is -1.25. The molecule has 0 unspecified atom stereocenters. The van der Waals surface area contributed by atoms with Crippen molar-refractivity contribution in [1.29, 1.82) is 0 Å². The Kier molecular flexibility index (Phi) is 3.41. The Morgan fingerprint density at radius 1 is 1.79 bits per heavy atom. The monoisotopic (exact) mass is 216 g/mol. The van der Waals surface area contributed by atoms with Crippen LogP contribution in [0.3, 0.4) is 0 Å². The first-order chi connectivity index (χ1) is 6.65. The minimum Gasteiger partial charge on any atom is -0.486 e. The molecular formula is C7H8N2O4S. The molecule has 1 heterocycles. The largest absolute Gasteiger partial charge is 0.486 e. The highest BCUT2D eigenvalue weighted by atomic mass is 32.1. The number of carboxylic acid groups (broad SMARTS) is 1. The molecule has 1 aromatic rings. The molecule has 0 aliphatic heterocycles. The minimum absolute atomic E-state index is 0.0912. The Morgan fingerprint density at radius 2 is 2.50 bits per heavy atom. The van der Waals surface area contributed by atoms with Crippen LogP contribution in [0.15, 0.2) is 10.5 Å². The number of oxime groups is 1. The predicted molar refractivity (Wildman–Crippen MR) is 49.6 cm³/mol. The van der Waals surface area contributed by atoms with Crippen LogP contribution >= 0.6 is 11.3 Å². The molecular weight excluding hydrogens is 208 g/mol. The zero-order valence-electron chi connectivity index (χ0n) is 7.30. The van der Waals surface area contributed by atoms with Gasteiger partial charge in [-0.3, -0.25) is 0 Å². The fourth-order valence-electron chi connectivity index (χ4n) is 0.698. The summed E-state index contributed by atoms with van der Waals surface area (Å²) >= 11 is 0.928. The summed E-state index contributed by atoms with van der Waals surface area (Å²) in [6.07, 6.45) is 0. The maximum atomic E-state index is 10.7. The molecule has 0 amide bonds. The molecule has 7 heteroatoms. The molecule has 1 aromatic heterocycles. The van der Waals surface area contributed by atoms with E-state index in [1.54, 1.807) is 6.92 Å². The van der Waals surface area contributed by atoms with E-state index in [0.717, 1.165) is 11.3 Å². The normalized spacial score (nSPS) is 11.4. The number of hydrogen-bond acceptors (Lipinski definition) is 6. The van der Waals surface area contributed by atoms with Crippen LogP contribution in [0, 0.1) is 0 Å². The Hall–Kier alpha value is -1.63. The lowest BCUT2D eigenvalue weighted by Crippen LogP contribution is -2.15. The van der Waals surface area contributed by atoms with Gasteiger partial charge >= 0.3 is 5.97 Å². The summed E-state index contributed by atoms with van der Waals surface area (Å²) in [7, 11) is 0. The highest BCUT2D eigenvalue weighted by Crippen LogP contribution is 2.16. The first-order valence-electron chi connectivity index (χ1n) is 3.73. The van der Waals surface area contributed by atoms with Crippen molar-refractivity contribution < 1.29 is 19.8 Å². The number of rotatable bonds is 4. The van der Waals surface area contributed by atoms with E-state index in [-0.39, 0.29) is 23.2 Å². The smallest absolute Gasteiger partial charge is 0.360 e. The molecule has 0 aliphatic rings. The van der Waals surface area contributed by atoms with Crippen LogP contribution in [-0.2, 0) is 9.63 Å². The van der Waals surface area contributed by atoms with Crippen molar-refractivity contribution in [1.82, 2.24) is 4.98 Å². The van der Waals surface area contributed by atoms with Gasteiger partial charge in [-0.2, -0.15) is 0 Å². The summed E-state index contributed by atoms with van der Waals surface area (Å²) in [4.78, 5) is 18.9. The fraction of sp³-hybridized carbons (Fsp3) is 0.286. The van der Waals surface area contributed by atoms with Gasteiger partial charge in [-0.05, 0) is 6.92 Å². The second-order valence-corrected chi connectivity index (χ2v) is 3.01. The van der Waals surface area contributed by atoms with Gasteiger partial charge in [0.2, 0.25) is 5.71 Å². The fourth-order valence-corrected chi connectivity index (χ4v) is 1.23. The Morgan fingerprint density at radius 3 is 2.93 bits per heavy atom. The van der Waals surface area contributed by atoms with Crippen LogP contribution in [0.2, 0.25) is 0 Å². The van der Waals surface area contributed by atoms with Gasteiger partial charge < -0.3 is 15.1 Å². The van der Waals surface area contributed by atoms with Crippen LogP contribution in [0.5, 0.6) is 5.19 Å². The average Bonchev–Trinajstić information content (AvgIpc) is 2.52. The van der Waals surface area contributed by atoms with Crippen molar-refractivity contribution in [3.63, 3.8) is 0 Å². The number of aromatic nitrogens is 1. The molecule has 0 spiro atoms. The lowest BCUT2D eigenvalue weighted by molar-refractivity contribution is -0.129. The summed E-state index contributed by atoms with van der Waals surface area (Å²) in [6, 6.07) is 0. The molecule has 0 radical (unpaired) electrons. The molecule has 0 saturated carbocycles. The molecule has 0 atom stereocenters. The molecule has 14 heavy (non-hydrogen) atoms. The van der Waals surface area contributed by atoms with E-state index in [2.05, 4.69) is 15.0 Å². The second-order valence-electron chi connectivity index (χ2n) is 2.18. The Balaban J connectivity index is 2.94. The zero-order valence-corrected chi connectivity index (χ0v) is 8.11. The second kappa shape index (κ2) is 4.56. The Bertz CT molecular complexity index is 360. The molecule has 6 nitrogen and oxygen atoms in total. The van der Waals surface area contributed by atoms with Crippen molar-refractivity contribution >= 4 is 23.0 Å². The van der Waals surface area contributed by atoms with Gasteiger partial charge in [0.15, 0.2) is 0 Å². The van der Waals surface area contributed by atoms with Crippen molar-refractivity contribution in [2.45, 2.75) is 6.92 Å². The third-order valence-electron chi connectivity index (χ3n) is 1.22. The van der Waals surface area contributed by atoms with Crippen molar-refractivity contribution in [2.75, 3.05) is 6.61 Å². The van der Waals surface area contributed by atoms with Gasteiger partial charge in [0.25, 0.3) is 5.19 Å². The van der Waals surface area contributed by atoms with E-state index in [0.29, 0.717) is 0 Å². The standard InChI is InChI=1S/C7H8N2O4S/c1-2-13-9-5(6(10)11)4-3-14-7(12)8-4/h3H,2H2,1H3,(H,8,12)(H,10,11). The molecule has 1 rings (SSSR count). The van der Waals surface area contributed by atoms with Gasteiger partial charge in [-0.15, -0.1) is 0 Å². The molecule has 76 valence electrons. The van der Waals surface area contributed by atoms with Crippen LogP contribution < -0.4 is 0 Å². The van der Waals surface area contributed by atoms with Gasteiger partial charge in [0.1, 0.15) is 12.3 Å². The zero-order chi connectivity index (χ0) is 10.6. The van der Waals surface area contributed by atoms with E-state index in [9.17, 15) is 4.79 Å². The lowest BCUT2D eigenvalue weighted by atomic mass is 10.3. The number of nitrogens with zero attached hydrogens (tertiary/aromatic N) is 2. The average molecular weight is 216 g/mol. The van der Waals surface area contributed by atoms with Crippen molar-refractivity contribution in [3.05, 3.63) is 11.1 Å². The molecule has 0 aliphatic carbocycles. The number of hydrogen-bond donors (Lipinski definition) is 2. The van der Waals surface area contributed by atoms with Crippen LogP contribution in [0.25, 0.3) is 0 Å². The van der Waals surface area contributed by atoms with E-state index in [4.69, 9.17) is 10.2 Å². The van der Waals surface area contributed by atoms with Crippen molar-refractivity contribution in [3.8, 4) is 5.19 Å². The van der Waals surface area contributed by atoms with Gasteiger partial charge in [-0.25, -0.2) is 9.78 Å². The number of carbonyl (C=O) groups is 1. The van der Waals surface area contributed by atoms with Crippen LogP contribution in [0.4, 0.5) is 0 Å². The highest BCUT2D eigenvalue weighted by Gasteiger charge is 2.17. The summed E-state index contributed by atoms with van der Waals surface area (Å²) in [5, 5.41) is 22.2. The molecule has 0 fully saturated rings. The van der Waals surface area contributed by atoms with E-state index < -0.39 is 5.97 Å². The molecule has 0 saturated heterocycles. The predicted octanol–water partition coefficient (Wildman–Crippen LogP) is 0.674. The van der Waals surface area contributed by atoms with Crippen molar-refractivity contribution in [2.24, 2.45) is 5.16 Å². The number of aromatic hydroxyl groups is 1.